The molecule has 0 amide bonds. The highest BCUT2D eigenvalue weighted by atomic mass is 14.9. The first kappa shape index (κ1) is 11.6. The Morgan fingerprint density at radius 2 is 2.29 bits per heavy atom. The maximum atomic E-state index is 5.41. The molecule has 80 valence electrons. The average molecular weight is 193 g/mol. The standard InChI is InChI=1S/C13H23N/c1-4-6-13(14-9-5-2)12-8-7-11(3)10-12/h1,11-14H,5-10H2,2-3H3. The van der Waals surface area contributed by atoms with E-state index in [1.165, 1.54) is 25.7 Å². The molecule has 0 spiro atoms. The maximum absolute atomic E-state index is 5.41. The Morgan fingerprint density at radius 1 is 1.50 bits per heavy atom. The summed E-state index contributed by atoms with van der Waals surface area (Å²) in [6.07, 6.45) is 11.6. The second-order valence-electron chi connectivity index (χ2n) is 4.65. The van der Waals surface area contributed by atoms with Gasteiger partial charge in [-0.05, 0) is 37.6 Å². The molecule has 1 heteroatoms. The van der Waals surface area contributed by atoms with E-state index in [0.29, 0.717) is 6.04 Å². The molecular formula is C13H23N. The first-order valence-corrected chi connectivity index (χ1v) is 5.94. The molecule has 0 saturated heterocycles. The molecule has 0 bridgehead atoms. The second-order valence-corrected chi connectivity index (χ2v) is 4.65. The van der Waals surface area contributed by atoms with Gasteiger partial charge in [0.05, 0.1) is 0 Å². The van der Waals surface area contributed by atoms with Crippen LogP contribution in [0.2, 0.25) is 0 Å². The predicted molar refractivity (Wildman–Crippen MR) is 62.0 cm³/mol. The summed E-state index contributed by atoms with van der Waals surface area (Å²) < 4.78 is 0. The van der Waals surface area contributed by atoms with E-state index >= 15 is 0 Å². The Hall–Kier alpha value is -0.480. The number of nitrogens with one attached hydrogen (secondary N) is 1. The Balaban J connectivity index is 2.37. The van der Waals surface area contributed by atoms with Crippen LogP contribution in [0.3, 0.4) is 0 Å². The lowest BCUT2D eigenvalue weighted by Crippen LogP contribution is -2.35. The fourth-order valence-electron chi connectivity index (χ4n) is 2.48. The van der Waals surface area contributed by atoms with Crippen molar-refractivity contribution in [1.29, 1.82) is 0 Å². The van der Waals surface area contributed by atoms with Gasteiger partial charge < -0.3 is 5.32 Å². The van der Waals surface area contributed by atoms with Crippen LogP contribution in [-0.2, 0) is 0 Å². The monoisotopic (exact) mass is 193 g/mol. The molecule has 1 aliphatic rings. The van der Waals surface area contributed by atoms with Gasteiger partial charge in [0.25, 0.3) is 0 Å². The fraction of sp³-hybridized carbons (Fsp3) is 0.846. The van der Waals surface area contributed by atoms with Crippen molar-refractivity contribution < 1.29 is 0 Å². The first-order chi connectivity index (χ1) is 6.77. The van der Waals surface area contributed by atoms with Crippen molar-refractivity contribution in [2.45, 2.75) is 52.0 Å². The van der Waals surface area contributed by atoms with Gasteiger partial charge in [0.1, 0.15) is 0 Å². The van der Waals surface area contributed by atoms with Gasteiger partial charge in [0, 0.05) is 12.5 Å². The van der Waals surface area contributed by atoms with Crippen LogP contribution in [0.5, 0.6) is 0 Å². The van der Waals surface area contributed by atoms with Crippen molar-refractivity contribution in [3.63, 3.8) is 0 Å². The summed E-state index contributed by atoms with van der Waals surface area (Å²) in [6, 6.07) is 0.574. The molecule has 0 aromatic carbocycles. The summed E-state index contributed by atoms with van der Waals surface area (Å²) in [5.41, 5.74) is 0. The molecule has 0 heterocycles. The molecule has 1 fully saturated rings. The van der Waals surface area contributed by atoms with Crippen LogP contribution in [0.1, 0.15) is 46.0 Å². The fourth-order valence-corrected chi connectivity index (χ4v) is 2.48. The summed E-state index contributed by atoms with van der Waals surface area (Å²) in [6.45, 7) is 5.67. The molecule has 1 aliphatic carbocycles. The van der Waals surface area contributed by atoms with Gasteiger partial charge in [-0.2, -0.15) is 0 Å². The molecule has 3 atom stereocenters. The van der Waals surface area contributed by atoms with Gasteiger partial charge in [0.2, 0.25) is 0 Å². The Morgan fingerprint density at radius 3 is 2.79 bits per heavy atom. The second kappa shape index (κ2) is 6.09. The summed E-state index contributed by atoms with van der Waals surface area (Å²) in [5.74, 6) is 4.54. The number of terminal acetylenes is 1. The third-order valence-corrected chi connectivity index (χ3v) is 3.30. The normalized spacial score (nSPS) is 28.6. The molecular weight excluding hydrogens is 170 g/mol. The van der Waals surface area contributed by atoms with E-state index in [1.807, 2.05) is 0 Å². The van der Waals surface area contributed by atoms with Gasteiger partial charge in [-0.15, -0.1) is 12.3 Å². The third kappa shape index (κ3) is 3.35. The average Bonchev–Trinajstić information content (AvgIpc) is 2.59. The minimum Gasteiger partial charge on any atom is -0.313 e. The lowest BCUT2D eigenvalue weighted by Gasteiger charge is -2.22. The zero-order chi connectivity index (χ0) is 10.4. The Kier molecular flexibility index (Phi) is 5.04. The minimum atomic E-state index is 0.574. The predicted octanol–water partition coefficient (Wildman–Crippen LogP) is 2.81. The maximum Gasteiger partial charge on any atom is 0.0243 e. The van der Waals surface area contributed by atoms with E-state index in [-0.39, 0.29) is 0 Å². The van der Waals surface area contributed by atoms with Crippen LogP contribution >= 0.6 is 0 Å². The van der Waals surface area contributed by atoms with Gasteiger partial charge in [-0.25, -0.2) is 0 Å². The molecule has 3 unspecified atom stereocenters. The lowest BCUT2D eigenvalue weighted by molar-refractivity contribution is 0.356. The molecule has 1 nitrogen and oxygen atoms in total. The third-order valence-electron chi connectivity index (χ3n) is 3.30. The number of hydrogen-bond acceptors (Lipinski definition) is 1. The largest absolute Gasteiger partial charge is 0.313 e. The Labute approximate surface area is 88.7 Å². The Bertz CT molecular complexity index is 192. The van der Waals surface area contributed by atoms with E-state index in [1.54, 1.807) is 0 Å². The van der Waals surface area contributed by atoms with Crippen molar-refractivity contribution in [2.24, 2.45) is 11.8 Å². The zero-order valence-electron chi connectivity index (χ0n) is 9.55. The van der Waals surface area contributed by atoms with Crippen molar-refractivity contribution in [3.8, 4) is 12.3 Å². The molecule has 1 saturated carbocycles. The van der Waals surface area contributed by atoms with Crippen LogP contribution in [0, 0.1) is 24.2 Å². The molecule has 0 aromatic rings. The van der Waals surface area contributed by atoms with Crippen molar-refractivity contribution in [2.75, 3.05) is 6.54 Å². The summed E-state index contributed by atoms with van der Waals surface area (Å²) in [7, 11) is 0. The van der Waals surface area contributed by atoms with Gasteiger partial charge >= 0.3 is 0 Å². The topological polar surface area (TPSA) is 12.0 Å². The molecule has 0 aliphatic heterocycles. The van der Waals surface area contributed by atoms with Crippen LogP contribution in [0.25, 0.3) is 0 Å². The molecule has 1 rings (SSSR count). The van der Waals surface area contributed by atoms with Crippen LogP contribution in [0.4, 0.5) is 0 Å². The van der Waals surface area contributed by atoms with E-state index < -0.39 is 0 Å². The van der Waals surface area contributed by atoms with Crippen molar-refractivity contribution in [1.82, 2.24) is 5.32 Å². The van der Waals surface area contributed by atoms with Gasteiger partial charge in [-0.3, -0.25) is 0 Å². The molecule has 0 aromatic heterocycles. The van der Waals surface area contributed by atoms with E-state index in [2.05, 4.69) is 25.1 Å². The zero-order valence-corrected chi connectivity index (χ0v) is 9.55. The highest BCUT2D eigenvalue weighted by Gasteiger charge is 2.27. The smallest absolute Gasteiger partial charge is 0.0243 e. The number of hydrogen-bond donors (Lipinski definition) is 1. The molecule has 0 radical (unpaired) electrons. The van der Waals surface area contributed by atoms with E-state index in [4.69, 9.17) is 6.42 Å². The summed E-state index contributed by atoms with van der Waals surface area (Å²) in [5, 5.41) is 3.59. The van der Waals surface area contributed by atoms with Crippen LogP contribution in [-0.4, -0.2) is 12.6 Å². The quantitative estimate of drug-likeness (QED) is 0.662. The van der Waals surface area contributed by atoms with E-state index in [9.17, 15) is 0 Å². The first-order valence-electron chi connectivity index (χ1n) is 5.94. The highest BCUT2D eigenvalue weighted by molar-refractivity contribution is 4.94. The van der Waals surface area contributed by atoms with Gasteiger partial charge in [0.15, 0.2) is 0 Å². The van der Waals surface area contributed by atoms with Crippen molar-refractivity contribution >= 4 is 0 Å². The molecule has 14 heavy (non-hydrogen) atoms. The van der Waals surface area contributed by atoms with E-state index in [0.717, 1.165) is 24.8 Å². The highest BCUT2D eigenvalue weighted by Crippen LogP contribution is 2.33. The lowest BCUT2D eigenvalue weighted by atomic mass is 9.94. The number of rotatable bonds is 5. The van der Waals surface area contributed by atoms with Crippen LogP contribution < -0.4 is 5.32 Å². The summed E-state index contributed by atoms with van der Waals surface area (Å²) in [4.78, 5) is 0. The summed E-state index contributed by atoms with van der Waals surface area (Å²) >= 11 is 0. The van der Waals surface area contributed by atoms with Crippen molar-refractivity contribution in [3.05, 3.63) is 0 Å². The SMILES string of the molecule is C#CCC(NCCC)C1CCC(C)C1. The van der Waals surface area contributed by atoms with Gasteiger partial charge in [-0.1, -0.05) is 20.3 Å². The van der Waals surface area contributed by atoms with Crippen LogP contribution in [0.15, 0.2) is 0 Å². The minimum absolute atomic E-state index is 0.574. The molecule has 1 N–H and O–H groups in total.